The van der Waals surface area contributed by atoms with Crippen LogP contribution in [0.2, 0.25) is 0 Å². The second-order valence-electron chi connectivity index (χ2n) is 5.61. The summed E-state index contributed by atoms with van der Waals surface area (Å²) >= 11 is 1.60. The van der Waals surface area contributed by atoms with E-state index in [4.69, 9.17) is 5.73 Å². The number of hydrogen-bond acceptors (Lipinski definition) is 5. The van der Waals surface area contributed by atoms with Crippen LogP contribution in [0.1, 0.15) is 29.1 Å². The molecule has 1 fully saturated rings. The van der Waals surface area contributed by atoms with Crippen LogP contribution >= 0.6 is 23.7 Å². The summed E-state index contributed by atoms with van der Waals surface area (Å²) in [5.74, 6) is 0.748. The maximum atomic E-state index is 12.2. The van der Waals surface area contributed by atoms with Crippen LogP contribution < -0.4 is 11.3 Å². The summed E-state index contributed by atoms with van der Waals surface area (Å²) in [5, 5.41) is 0.742. The van der Waals surface area contributed by atoms with Crippen molar-refractivity contribution in [2.24, 2.45) is 5.73 Å². The molecule has 7 heteroatoms. The van der Waals surface area contributed by atoms with Gasteiger partial charge in [-0.15, -0.1) is 23.7 Å². The van der Waals surface area contributed by atoms with E-state index in [0.717, 1.165) is 52.4 Å². The first kappa shape index (κ1) is 16.4. The third-order valence-corrected chi connectivity index (χ3v) is 5.10. The van der Waals surface area contributed by atoms with Crippen LogP contribution in [-0.2, 0) is 6.54 Å². The molecule has 1 unspecified atom stereocenters. The lowest BCUT2D eigenvalue weighted by Gasteiger charge is -2.30. The van der Waals surface area contributed by atoms with Crippen molar-refractivity contribution in [2.75, 3.05) is 13.1 Å². The maximum Gasteiger partial charge on any atom is 0.259 e. The predicted octanol–water partition coefficient (Wildman–Crippen LogP) is 1.95. The van der Waals surface area contributed by atoms with E-state index < -0.39 is 0 Å². The fraction of sp³-hybridized carbons (Fsp3) is 0.571. The quantitative estimate of drug-likeness (QED) is 0.883. The molecule has 0 aliphatic carbocycles. The minimum atomic E-state index is -0.0202. The zero-order chi connectivity index (χ0) is 14.3. The molecule has 0 amide bonds. The second kappa shape index (κ2) is 6.44. The van der Waals surface area contributed by atoms with Gasteiger partial charge in [0, 0.05) is 17.5 Å². The minimum absolute atomic E-state index is 0. The van der Waals surface area contributed by atoms with Crippen molar-refractivity contribution < 1.29 is 0 Å². The Bertz CT molecular complexity index is 696. The molecule has 1 aliphatic heterocycles. The van der Waals surface area contributed by atoms with Gasteiger partial charge in [-0.05, 0) is 38.8 Å². The summed E-state index contributed by atoms with van der Waals surface area (Å²) in [6, 6.07) is 0.241. The van der Waals surface area contributed by atoms with Gasteiger partial charge in [0.15, 0.2) is 0 Å². The van der Waals surface area contributed by atoms with Gasteiger partial charge in [0.05, 0.1) is 11.9 Å². The Hall–Kier alpha value is -0.950. The largest absolute Gasteiger partial charge is 0.327 e. The number of H-pyrrole nitrogens is 1. The standard InChI is InChI=1S/C14H20N4OS.ClH/c1-8-9(2)20-14-12(8)13(19)16-11(17-14)7-18-5-3-4-10(15)6-18;/h10H,3-7,15H2,1-2H3,(H,16,17,19);1H. The van der Waals surface area contributed by atoms with Crippen molar-refractivity contribution in [2.45, 2.75) is 39.3 Å². The number of thiophene rings is 1. The van der Waals surface area contributed by atoms with Gasteiger partial charge in [-0.1, -0.05) is 0 Å². The number of nitrogens with one attached hydrogen (secondary N) is 1. The lowest BCUT2D eigenvalue weighted by Crippen LogP contribution is -2.42. The number of likely N-dealkylation sites (tertiary alicyclic amines) is 1. The van der Waals surface area contributed by atoms with Gasteiger partial charge in [0.25, 0.3) is 5.56 Å². The van der Waals surface area contributed by atoms with Crippen LogP contribution in [0, 0.1) is 13.8 Å². The summed E-state index contributed by atoms with van der Waals surface area (Å²) in [6.45, 7) is 6.59. The van der Waals surface area contributed by atoms with E-state index in [9.17, 15) is 4.79 Å². The number of aromatic amines is 1. The number of piperidine rings is 1. The van der Waals surface area contributed by atoms with E-state index in [1.54, 1.807) is 11.3 Å². The highest BCUT2D eigenvalue weighted by Gasteiger charge is 2.18. The van der Waals surface area contributed by atoms with Crippen LogP contribution in [0.4, 0.5) is 0 Å². The fourth-order valence-corrected chi connectivity index (χ4v) is 3.87. The number of nitrogens with zero attached hydrogens (tertiary/aromatic N) is 2. The number of aryl methyl sites for hydroxylation is 2. The molecular formula is C14H21ClN4OS. The number of hydrogen-bond donors (Lipinski definition) is 2. The van der Waals surface area contributed by atoms with E-state index in [1.165, 1.54) is 0 Å². The second-order valence-corrected chi connectivity index (χ2v) is 6.82. The maximum absolute atomic E-state index is 12.2. The SMILES string of the molecule is Cc1sc2nc(CN3CCCC(N)C3)[nH]c(=O)c2c1C.Cl. The summed E-state index contributed by atoms with van der Waals surface area (Å²) in [4.78, 5) is 24.0. The Morgan fingerprint density at radius 1 is 1.48 bits per heavy atom. The van der Waals surface area contributed by atoms with Crippen molar-refractivity contribution in [3.63, 3.8) is 0 Å². The Kier molecular flexibility index (Phi) is 5.03. The van der Waals surface area contributed by atoms with Crippen molar-refractivity contribution in [1.29, 1.82) is 0 Å². The van der Waals surface area contributed by atoms with Crippen LogP contribution in [0.5, 0.6) is 0 Å². The molecule has 1 saturated heterocycles. The molecule has 0 saturated carbocycles. The Labute approximate surface area is 134 Å². The van der Waals surface area contributed by atoms with Crippen LogP contribution in [0.15, 0.2) is 4.79 Å². The first-order valence-electron chi connectivity index (χ1n) is 7.01. The topological polar surface area (TPSA) is 75.0 Å². The summed E-state index contributed by atoms with van der Waals surface area (Å²) < 4.78 is 0. The molecule has 1 atom stereocenters. The molecule has 116 valence electrons. The highest BCUT2D eigenvalue weighted by atomic mass is 35.5. The minimum Gasteiger partial charge on any atom is -0.327 e. The highest BCUT2D eigenvalue weighted by molar-refractivity contribution is 7.18. The molecule has 0 aromatic carbocycles. The van der Waals surface area contributed by atoms with Gasteiger partial charge in [0.2, 0.25) is 0 Å². The molecule has 0 bridgehead atoms. The molecule has 5 nitrogen and oxygen atoms in total. The Morgan fingerprint density at radius 2 is 2.24 bits per heavy atom. The fourth-order valence-electron chi connectivity index (χ4n) is 2.82. The van der Waals surface area contributed by atoms with E-state index in [-0.39, 0.29) is 24.0 Å². The smallest absolute Gasteiger partial charge is 0.259 e. The summed E-state index contributed by atoms with van der Waals surface area (Å²) in [6.07, 6.45) is 2.20. The van der Waals surface area contributed by atoms with E-state index >= 15 is 0 Å². The molecule has 3 N–H and O–H groups in total. The molecule has 0 radical (unpaired) electrons. The third kappa shape index (κ3) is 3.29. The average Bonchev–Trinajstić information content (AvgIpc) is 2.65. The van der Waals surface area contributed by atoms with Gasteiger partial charge < -0.3 is 10.7 Å². The highest BCUT2D eigenvalue weighted by Crippen LogP contribution is 2.25. The van der Waals surface area contributed by atoms with Crippen LogP contribution in [-0.4, -0.2) is 34.0 Å². The number of fused-ring (bicyclic) bond motifs is 1. The van der Waals surface area contributed by atoms with Crippen molar-refractivity contribution in [1.82, 2.24) is 14.9 Å². The summed E-state index contributed by atoms with van der Waals surface area (Å²) in [7, 11) is 0. The van der Waals surface area contributed by atoms with E-state index in [1.807, 2.05) is 13.8 Å². The van der Waals surface area contributed by atoms with Gasteiger partial charge in [-0.25, -0.2) is 4.98 Å². The van der Waals surface area contributed by atoms with Gasteiger partial charge in [0.1, 0.15) is 10.7 Å². The first-order chi connectivity index (χ1) is 9.54. The molecular weight excluding hydrogens is 308 g/mol. The zero-order valence-corrected chi connectivity index (χ0v) is 13.9. The lowest BCUT2D eigenvalue weighted by molar-refractivity contribution is 0.197. The average molecular weight is 329 g/mol. The molecule has 2 aromatic heterocycles. The number of halogens is 1. The van der Waals surface area contributed by atoms with E-state index in [0.29, 0.717) is 6.54 Å². The molecule has 0 spiro atoms. The first-order valence-corrected chi connectivity index (χ1v) is 7.83. The molecule has 21 heavy (non-hydrogen) atoms. The zero-order valence-electron chi connectivity index (χ0n) is 12.3. The molecule has 3 rings (SSSR count). The van der Waals surface area contributed by atoms with Gasteiger partial charge in [-0.3, -0.25) is 9.69 Å². The van der Waals surface area contributed by atoms with Crippen LogP contribution in [0.25, 0.3) is 10.2 Å². The third-order valence-electron chi connectivity index (χ3n) is 4.00. The number of aromatic nitrogens is 2. The molecule has 2 aromatic rings. The number of nitrogens with two attached hydrogens (primary N) is 1. The van der Waals surface area contributed by atoms with Crippen molar-refractivity contribution in [3.05, 3.63) is 26.6 Å². The normalized spacial score (nSPS) is 19.7. The van der Waals surface area contributed by atoms with E-state index in [2.05, 4.69) is 14.9 Å². The van der Waals surface area contributed by atoms with Crippen LogP contribution in [0.3, 0.4) is 0 Å². The Balaban J connectivity index is 0.00000161. The van der Waals surface area contributed by atoms with Gasteiger partial charge >= 0.3 is 0 Å². The van der Waals surface area contributed by atoms with Crippen molar-refractivity contribution >= 4 is 34.0 Å². The predicted molar refractivity (Wildman–Crippen MR) is 89.4 cm³/mol. The number of rotatable bonds is 2. The van der Waals surface area contributed by atoms with Gasteiger partial charge in [-0.2, -0.15) is 0 Å². The van der Waals surface area contributed by atoms with Crippen molar-refractivity contribution in [3.8, 4) is 0 Å². The molecule has 1 aliphatic rings. The molecule has 3 heterocycles. The lowest BCUT2D eigenvalue weighted by atomic mass is 10.1. The monoisotopic (exact) mass is 328 g/mol. The Morgan fingerprint density at radius 3 is 2.95 bits per heavy atom. The summed E-state index contributed by atoms with van der Waals surface area (Å²) in [5.41, 5.74) is 7.02.